The summed E-state index contributed by atoms with van der Waals surface area (Å²) < 4.78 is 20.8. The fourth-order valence-corrected chi connectivity index (χ4v) is 3.64. The minimum atomic E-state index is -0.725. The van der Waals surface area contributed by atoms with Crippen molar-refractivity contribution in [3.63, 3.8) is 0 Å². The maximum absolute atomic E-state index is 11.1. The van der Waals surface area contributed by atoms with Crippen LogP contribution in [0.3, 0.4) is 0 Å². The Bertz CT molecular complexity index is 966. The summed E-state index contributed by atoms with van der Waals surface area (Å²) in [6.07, 6.45) is 2.29. The summed E-state index contributed by atoms with van der Waals surface area (Å²) in [5, 5.41) is 0. The number of carbonyl (C=O) groups excluding carboxylic acids is 2. The van der Waals surface area contributed by atoms with Crippen molar-refractivity contribution >= 4 is 12.1 Å². The summed E-state index contributed by atoms with van der Waals surface area (Å²) in [6, 6.07) is 16.8. The molecular formula is C32H51NO6. The molecule has 0 saturated carbocycles. The predicted octanol–water partition coefficient (Wildman–Crippen LogP) is 7.40. The number of methoxy groups -OCH3 is 1. The van der Waals surface area contributed by atoms with Crippen LogP contribution < -0.4 is 10.5 Å². The number of carbonyl (C=O) groups is 2. The van der Waals surface area contributed by atoms with Gasteiger partial charge in [-0.2, -0.15) is 0 Å². The molecule has 2 aromatic rings. The highest BCUT2D eigenvalue weighted by Gasteiger charge is 2.23. The topological polar surface area (TPSA) is 97.1 Å². The average Bonchev–Trinajstić information content (AvgIpc) is 2.82. The van der Waals surface area contributed by atoms with Crippen molar-refractivity contribution < 1.29 is 28.5 Å². The van der Waals surface area contributed by atoms with E-state index in [1.807, 2.05) is 32.9 Å². The lowest BCUT2D eigenvalue weighted by Crippen LogP contribution is -2.31. The van der Waals surface area contributed by atoms with E-state index in [-0.39, 0.29) is 17.7 Å². The molecule has 1 atom stereocenters. The van der Waals surface area contributed by atoms with Crippen LogP contribution in [0.2, 0.25) is 0 Å². The monoisotopic (exact) mass is 545 g/mol. The predicted molar refractivity (Wildman–Crippen MR) is 158 cm³/mol. The standard InChI is InChI=1S/C15H16O.C12H24O3.C5H11NO2/c1-12-8-9-15(16-2)14(10-12)11-13-6-4-3-5-7-13;1-6-8-14-12(4,5)9-10(3)15-11(13)7-2;1-5(2,3)8-4(6)7/h3-10H,11H2,1-2H3;10H,6-9H2,1-5H3;1-3H3,(H2,6,7). The smallest absolute Gasteiger partial charge is 0.405 e. The van der Waals surface area contributed by atoms with Crippen LogP contribution in [-0.2, 0) is 25.4 Å². The Hall–Kier alpha value is -3.06. The van der Waals surface area contributed by atoms with Gasteiger partial charge in [-0.05, 0) is 72.1 Å². The van der Waals surface area contributed by atoms with Crippen LogP contribution in [-0.4, -0.2) is 43.1 Å². The van der Waals surface area contributed by atoms with Gasteiger partial charge in [-0.15, -0.1) is 0 Å². The number of rotatable bonds is 10. The van der Waals surface area contributed by atoms with Crippen LogP contribution >= 0.6 is 0 Å². The highest BCUT2D eigenvalue weighted by Crippen LogP contribution is 2.22. The minimum absolute atomic E-state index is 0.0793. The summed E-state index contributed by atoms with van der Waals surface area (Å²) >= 11 is 0. The molecule has 1 amide bonds. The summed E-state index contributed by atoms with van der Waals surface area (Å²) in [7, 11) is 1.72. The molecule has 1 unspecified atom stereocenters. The lowest BCUT2D eigenvalue weighted by atomic mass is 10.0. The Morgan fingerprint density at radius 1 is 0.974 bits per heavy atom. The number of hydrogen-bond donors (Lipinski definition) is 1. The number of esters is 1. The van der Waals surface area contributed by atoms with Gasteiger partial charge in [-0.25, -0.2) is 4.79 Å². The van der Waals surface area contributed by atoms with Gasteiger partial charge in [0.2, 0.25) is 0 Å². The fourth-order valence-electron chi connectivity index (χ4n) is 3.64. The van der Waals surface area contributed by atoms with Gasteiger partial charge in [0.15, 0.2) is 0 Å². The van der Waals surface area contributed by atoms with Gasteiger partial charge in [0, 0.05) is 25.9 Å². The molecule has 220 valence electrons. The fraction of sp³-hybridized carbons (Fsp3) is 0.562. The third-order valence-corrected chi connectivity index (χ3v) is 5.18. The first kappa shape index (κ1) is 35.9. The molecule has 0 bridgehead atoms. The van der Waals surface area contributed by atoms with Crippen molar-refractivity contribution in [2.24, 2.45) is 5.73 Å². The molecule has 7 heteroatoms. The Kier molecular flexibility index (Phi) is 16.8. The molecule has 0 heterocycles. The first-order chi connectivity index (χ1) is 18.1. The van der Waals surface area contributed by atoms with E-state index >= 15 is 0 Å². The molecule has 39 heavy (non-hydrogen) atoms. The number of ether oxygens (including phenoxy) is 4. The molecule has 0 aliphatic heterocycles. The van der Waals surface area contributed by atoms with Crippen LogP contribution in [0.1, 0.15) is 91.3 Å². The highest BCUT2D eigenvalue weighted by atomic mass is 16.6. The number of amides is 1. The van der Waals surface area contributed by atoms with Gasteiger partial charge in [0.25, 0.3) is 0 Å². The quantitative estimate of drug-likeness (QED) is 0.313. The molecule has 2 aromatic carbocycles. The lowest BCUT2D eigenvalue weighted by molar-refractivity contribution is -0.151. The molecule has 2 N–H and O–H groups in total. The van der Waals surface area contributed by atoms with Crippen LogP contribution in [0, 0.1) is 6.92 Å². The zero-order chi connectivity index (χ0) is 30.1. The van der Waals surface area contributed by atoms with Gasteiger partial charge in [-0.3, -0.25) is 4.79 Å². The molecule has 0 aromatic heterocycles. The minimum Gasteiger partial charge on any atom is -0.496 e. The third kappa shape index (κ3) is 18.8. The molecule has 0 fully saturated rings. The molecule has 0 aliphatic rings. The molecule has 0 aliphatic carbocycles. The van der Waals surface area contributed by atoms with Gasteiger partial charge < -0.3 is 24.7 Å². The van der Waals surface area contributed by atoms with E-state index in [1.165, 1.54) is 16.7 Å². The number of benzene rings is 2. The first-order valence-electron chi connectivity index (χ1n) is 13.6. The summed E-state index contributed by atoms with van der Waals surface area (Å²) in [4.78, 5) is 21.1. The largest absolute Gasteiger partial charge is 0.496 e. The van der Waals surface area contributed by atoms with Crippen molar-refractivity contribution in [2.45, 2.75) is 105 Å². The number of hydrogen-bond acceptors (Lipinski definition) is 6. The zero-order valence-electron chi connectivity index (χ0n) is 25.8. The molecular weight excluding hydrogens is 494 g/mol. The van der Waals surface area contributed by atoms with E-state index in [9.17, 15) is 9.59 Å². The Morgan fingerprint density at radius 2 is 1.59 bits per heavy atom. The van der Waals surface area contributed by atoms with Gasteiger partial charge in [0.1, 0.15) is 17.5 Å². The van der Waals surface area contributed by atoms with E-state index in [0.29, 0.717) is 6.42 Å². The zero-order valence-corrected chi connectivity index (χ0v) is 25.8. The van der Waals surface area contributed by atoms with Crippen LogP contribution in [0.5, 0.6) is 5.75 Å². The SMILES string of the molecule is CC(C)(C)OC(N)=O.CCCOC(C)(C)CC(C)OC(=O)CC.COc1ccc(C)cc1Cc1ccccc1. The van der Waals surface area contributed by atoms with Crippen molar-refractivity contribution in [3.05, 3.63) is 65.2 Å². The van der Waals surface area contributed by atoms with E-state index in [1.54, 1.807) is 34.8 Å². The van der Waals surface area contributed by atoms with E-state index in [4.69, 9.17) is 19.9 Å². The van der Waals surface area contributed by atoms with Crippen molar-refractivity contribution in [2.75, 3.05) is 13.7 Å². The van der Waals surface area contributed by atoms with E-state index in [2.05, 4.69) is 55.0 Å². The summed E-state index contributed by atoms with van der Waals surface area (Å²) in [5.41, 5.74) is 7.87. The first-order valence-corrected chi connectivity index (χ1v) is 13.6. The molecule has 2 rings (SSSR count). The molecule has 0 spiro atoms. The second kappa shape index (κ2) is 18.3. The maximum Gasteiger partial charge on any atom is 0.405 e. The molecule has 0 radical (unpaired) electrons. The average molecular weight is 546 g/mol. The Balaban J connectivity index is 0.000000588. The van der Waals surface area contributed by atoms with Crippen molar-refractivity contribution in [3.8, 4) is 5.75 Å². The van der Waals surface area contributed by atoms with Crippen LogP contribution in [0.25, 0.3) is 0 Å². The second-order valence-electron chi connectivity index (χ2n) is 11.0. The van der Waals surface area contributed by atoms with Crippen LogP contribution in [0.15, 0.2) is 48.5 Å². The lowest BCUT2D eigenvalue weighted by Gasteiger charge is -2.28. The van der Waals surface area contributed by atoms with Crippen LogP contribution in [0.4, 0.5) is 4.79 Å². The van der Waals surface area contributed by atoms with Crippen molar-refractivity contribution in [1.29, 1.82) is 0 Å². The van der Waals surface area contributed by atoms with E-state index in [0.717, 1.165) is 31.6 Å². The third-order valence-electron chi connectivity index (χ3n) is 5.18. The maximum atomic E-state index is 11.1. The Labute approximate surface area is 236 Å². The summed E-state index contributed by atoms with van der Waals surface area (Å²) in [6.45, 7) is 18.0. The van der Waals surface area contributed by atoms with E-state index < -0.39 is 11.7 Å². The summed E-state index contributed by atoms with van der Waals surface area (Å²) in [5.74, 6) is 0.822. The van der Waals surface area contributed by atoms with Gasteiger partial charge in [-0.1, -0.05) is 61.9 Å². The number of aryl methyl sites for hydroxylation is 1. The normalized spacial score (nSPS) is 11.6. The number of nitrogens with two attached hydrogens (primary N) is 1. The van der Waals surface area contributed by atoms with Crippen molar-refractivity contribution in [1.82, 2.24) is 0 Å². The van der Waals surface area contributed by atoms with Gasteiger partial charge >= 0.3 is 12.1 Å². The highest BCUT2D eigenvalue weighted by molar-refractivity contribution is 5.69. The number of primary amides is 1. The van der Waals surface area contributed by atoms with Gasteiger partial charge in [0.05, 0.1) is 12.7 Å². The Morgan fingerprint density at radius 3 is 2.05 bits per heavy atom. The molecule has 0 saturated heterocycles. The second-order valence-corrected chi connectivity index (χ2v) is 11.0. The molecule has 7 nitrogen and oxygen atoms in total.